The van der Waals surface area contributed by atoms with Crippen LogP contribution in [-0.2, 0) is 6.61 Å². The van der Waals surface area contributed by atoms with Crippen LogP contribution in [0.1, 0.15) is 5.82 Å². The predicted molar refractivity (Wildman–Crippen MR) is 58.1 cm³/mol. The zero-order valence-corrected chi connectivity index (χ0v) is 8.33. The van der Waals surface area contributed by atoms with E-state index < -0.39 is 0 Å². The molecule has 0 fully saturated rings. The fourth-order valence-electron chi connectivity index (χ4n) is 1.83. The van der Waals surface area contributed by atoms with Crippen molar-refractivity contribution in [3.8, 4) is 5.75 Å². The molecule has 0 amide bonds. The van der Waals surface area contributed by atoms with Gasteiger partial charge >= 0.3 is 0 Å². The Morgan fingerprint density at radius 1 is 1.12 bits per heavy atom. The van der Waals surface area contributed by atoms with E-state index in [-0.39, 0.29) is 12.4 Å². The Morgan fingerprint density at radius 2 is 1.94 bits per heavy atom. The number of nitrogens with zero attached hydrogens (tertiary/aromatic N) is 3. The van der Waals surface area contributed by atoms with Crippen LogP contribution in [0.2, 0.25) is 0 Å². The van der Waals surface area contributed by atoms with Gasteiger partial charge < -0.3 is 10.2 Å². The van der Waals surface area contributed by atoms with E-state index in [0.29, 0.717) is 11.5 Å². The number of aromatic nitrogens is 3. The van der Waals surface area contributed by atoms with Gasteiger partial charge in [0.1, 0.15) is 12.4 Å². The van der Waals surface area contributed by atoms with Gasteiger partial charge in [0.05, 0.1) is 5.52 Å². The van der Waals surface area contributed by atoms with Crippen LogP contribution in [0.4, 0.5) is 0 Å². The van der Waals surface area contributed by atoms with Crippen molar-refractivity contribution in [3.05, 3.63) is 36.2 Å². The number of fused-ring (bicyclic) bond motifs is 3. The molecule has 0 aliphatic rings. The van der Waals surface area contributed by atoms with Crippen molar-refractivity contribution in [1.82, 2.24) is 14.6 Å². The summed E-state index contributed by atoms with van der Waals surface area (Å²) in [7, 11) is 0. The second kappa shape index (κ2) is 3.18. The molecule has 2 N–H and O–H groups in total. The van der Waals surface area contributed by atoms with Gasteiger partial charge in [0.2, 0.25) is 0 Å². The standard InChI is InChI=1S/C11H9N3O2/c15-6-11-13-12-10-4-2-7-1-3-8(16)5-9(7)14(10)11/h1-5,15-16H,6H2. The first-order valence-electron chi connectivity index (χ1n) is 4.86. The van der Waals surface area contributed by atoms with E-state index in [1.807, 2.05) is 18.2 Å². The van der Waals surface area contributed by atoms with Gasteiger partial charge in [0, 0.05) is 6.07 Å². The van der Waals surface area contributed by atoms with Crippen LogP contribution in [0, 0.1) is 0 Å². The third-order valence-corrected chi connectivity index (χ3v) is 2.56. The molecule has 3 aromatic rings. The van der Waals surface area contributed by atoms with Crippen LogP contribution in [0.25, 0.3) is 16.6 Å². The maximum absolute atomic E-state index is 9.47. The minimum absolute atomic E-state index is 0.178. The molecule has 5 heteroatoms. The molecule has 1 aromatic carbocycles. The summed E-state index contributed by atoms with van der Waals surface area (Å²) in [5.74, 6) is 0.642. The highest BCUT2D eigenvalue weighted by Crippen LogP contribution is 2.21. The Labute approximate surface area is 90.6 Å². The lowest BCUT2D eigenvalue weighted by Crippen LogP contribution is -1.95. The molecule has 0 spiro atoms. The smallest absolute Gasteiger partial charge is 0.163 e. The van der Waals surface area contributed by atoms with Crippen molar-refractivity contribution in [3.63, 3.8) is 0 Å². The molecule has 0 unspecified atom stereocenters. The van der Waals surface area contributed by atoms with E-state index in [2.05, 4.69) is 10.2 Å². The van der Waals surface area contributed by atoms with Gasteiger partial charge in [0.15, 0.2) is 11.5 Å². The average molecular weight is 215 g/mol. The van der Waals surface area contributed by atoms with Crippen LogP contribution < -0.4 is 0 Å². The molecule has 80 valence electrons. The number of hydrogen-bond donors (Lipinski definition) is 2. The molecular formula is C11H9N3O2. The minimum Gasteiger partial charge on any atom is -0.508 e. The normalized spacial score (nSPS) is 11.3. The number of phenols is 1. The molecule has 3 rings (SSSR count). The summed E-state index contributed by atoms with van der Waals surface area (Å²) in [6.07, 6.45) is 0. The fourth-order valence-corrected chi connectivity index (χ4v) is 1.83. The van der Waals surface area contributed by atoms with Gasteiger partial charge in [-0.15, -0.1) is 10.2 Å². The molecule has 5 nitrogen and oxygen atoms in total. The van der Waals surface area contributed by atoms with E-state index in [9.17, 15) is 5.11 Å². The second-order valence-electron chi connectivity index (χ2n) is 3.54. The first kappa shape index (κ1) is 9.11. The molecule has 0 saturated heterocycles. The van der Waals surface area contributed by atoms with Gasteiger partial charge in [-0.3, -0.25) is 4.40 Å². The predicted octanol–water partition coefficient (Wildman–Crippen LogP) is 1.08. The van der Waals surface area contributed by atoms with Crippen molar-refractivity contribution < 1.29 is 10.2 Å². The van der Waals surface area contributed by atoms with E-state index in [1.165, 1.54) is 0 Å². The van der Waals surface area contributed by atoms with Crippen molar-refractivity contribution in [2.75, 3.05) is 0 Å². The summed E-state index contributed by atoms with van der Waals surface area (Å²) in [6, 6.07) is 8.79. The molecule has 0 aliphatic heterocycles. The van der Waals surface area contributed by atoms with Crippen LogP contribution >= 0.6 is 0 Å². The largest absolute Gasteiger partial charge is 0.508 e. The van der Waals surface area contributed by atoms with Crippen molar-refractivity contribution in [2.45, 2.75) is 6.61 Å². The molecule has 0 atom stereocenters. The van der Waals surface area contributed by atoms with Crippen molar-refractivity contribution in [1.29, 1.82) is 0 Å². The fraction of sp³-hybridized carbons (Fsp3) is 0.0909. The summed E-state index contributed by atoms with van der Waals surface area (Å²) in [5, 5.41) is 27.4. The van der Waals surface area contributed by atoms with E-state index in [0.717, 1.165) is 10.9 Å². The Balaban J connectivity index is 2.54. The molecule has 16 heavy (non-hydrogen) atoms. The third kappa shape index (κ3) is 1.15. The lowest BCUT2D eigenvalue weighted by atomic mass is 10.2. The van der Waals surface area contributed by atoms with Gasteiger partial charge in [-0.25, -0.2) is 0 Å². The van der Waals surface area contributed by atoms with E-state index in [4.69, 9.17) is 5.11 Å². The molecular weight excluding hydrogens is 206 g/mol. The number of pyridine rings is 1. The molecule has 0 aliphatic carbocycles. The third-order valence-electron chi connectivity index (χ3n) is 2.56. The lowest BCUT2D eigenvalue weighted by molar-refractivity contribution is 0.270. The maximum atomic E-state index is 9.47. The zero-order valence-electron chi connectivity index (χ0n) is 8.33. The summed E-state index contributed by atoms with van der Waals surface area (Å²) < 4.78 is 1.73. The molecule has 2 heterocycles. The first-order valence-corrected chi connectivity index (χ1v) is 4.86. The second-order valence-corrected chi connectivity index (χ2v) is 3.54. The Bertz CT molecular complexity index is 675. The molecule has 0 bridgehead atoms. The van der Waals surface area contributed by atoms with Gasteiger partial charge in [-0.2, -0.15) is 0 Å². The van der Waals surface area contributed by atoms with E-state index >= 15 is 0 Å². The summed E-state index contributed by atoms with van der Waals surface area (Å²) >= 11 is 0. The molecule has 0 radical (unpaired) electrons. The minimum atomic E-state index is -0.185. The summed E-state index contributed by atoms with van der Waals surface area (Å²) in [4.78, 5) is 0. The van der Waals surface area contributed by atoms with Crippen LogP contribution in [-0.4, -0.2) is 24.8 Å². The SMILES string of the molecule is OCc1nnc2ccc3ccc(O)cc3n12. The monoisotopic (exact) mass is 215 g/mol. The summed E-state index contributed by atoms with van der Waals surface area (Å²) in [6.45, 7) is -0.185. The van der Waals surface area contributed by atoms with Gasteiger partial charge in [0.25, 0.3) is 0 Å². The van der Waals surface area contributed by atoms with E-state index in [1.54, 1.807) is 16.5 Å². The number of rotatable bonds is 1. The van der Waals surface area contributed by atoms with Gasteiger partial charge in [-0.1, -0.05) is 0 Å². The molecule has 0 saturated carbocycles. The van der Waals surface area contributed by atoms with Crippen LogP contribution in [0.3, 0.4) is 0 Å². The number of aromatic hydroxyl groups is 1. The topological polar surface area (TPSA) is 70.7 Å². The van der Waals surface area contributed by atoms with Crippen LogP contribution in [0.15, 0.2) is 30.3 Å². The maximum Gasteiger partial charge on any atom is 0.163 e. The van der Waals surface area contributed by atoms with Crippen LogP contribution in [0.5, 0.6) is 5.75 Å². The number of aliphatic hydroxyl groups excluding tert-OH is 1. The highest BCUT2D eigenvalue weighted by molar-refractivity contribution is 5.83. The Kier molecular flexibility index (Phi) is 1.81. The number of benzene rings is 1. The molecule has 2 aromatic heterocycles. The van der Waals surface area contributed by atoms with Gasteiger partial charge in [-0.05, 0) is 29.7 Å². The zero-order chi connectivity index (χ0) is 11.1. The highest BCUT2D eigenvalue weighted by atomic mass is 16.3. The quantitative estimate of drug-likeness (QED) is 0.637. The average Bonchev–Trinajstić information content (AvgIpc) is 2.72. The summed E-state index contributed by atoms with van der Waals surface area (Å²) in [5.41, 5.74) is 1.44. The Hall–Kier alpha value is -2.14. The van der Waals surface area contributed by atoms with Crippen molar-refractivity contribution in [2.24, 2.45) is 0 Å². The Morgan fingerprint density at radius 3 is 2.75 bits per heavy atom. The van der Waals surface area contributed by atoms with Crippen molar-refractivity contribution >= 4 is 16.6 Å². The highest BCUT2D eigenvalue weighted by Gasteiger charge is 2.07. The number of hydrogen-bond acceptors (Lipinski definition) is 4. The number of phenolic OH excluding ortho intramolecular Hbond substituents is 1. The lowest BCUT2D eigenvalue weighted by Gasteiger charge is -2.03. The number of aliphatic hydroxyl groups is 1. The first-order chi connectivity index (χ1) is 7.79.